The second kappa shape index (κ2) is 24.7. The summed E-state index contributed by atoms with van der Waals surface area (Å²) < 4.78 is 0. The molecule has 0 N–H and O–H groups in total. The number of benzene rings is 5. The summed E-state index contributed by atoms with van der Waals surface area (Å²) in [6, 6.07) is 68.9. The van der Waals surface area contributed by atoms with E-state index in [0.29, 0.717) is 17.8 Å². The minimum Gasteiger partial charge on any atom is -0.265 e. The molecule has 3 unspecified atom stereocenters. The fourth-order valence-corrected chi connectivity index (χ4v) is 8.25. The molecule has 3 nitrogen and oxygen atoms in total. The molecule has 3 heteroatoms. The summed E-state index contributed by atoms with van der Waals surface area (Å²) in [5, 5.41) is 0. The Labute approximate surface area is 372 Å². The zero-order valence-electron chi connectivity index (χ0n) is 36.9. The van der Waals surface area contributed by atoms with E-state index in [1.54, 1.807) is 0 Å². The van der Waals surface area contributed by atoms with Gasteiger partial charge in [-0.1, -0.05) is 178 Å². The maximum Gasteiger partial charge on any atom is 0.0403 e. The van der Waals surface area contributed by atoms with E-state index in [1.807, 2.05) is 37.1 Å². The van der Waals surface area contributed by atoms with Crippen molar-refractivity contribution in [1.29, 1.82) is 0 Å². The van der Waals surface area contributed by atoms with Crippen molar-refractivity contribution in [2.45, 2.75) is 88.9 Å². The number of hydrogen-bond acceptors (Lipinski definition) is 3. The van der Waals surface area contributed by atoms with Crippen LogP contribution in [0.5, 0.6) is 0 Å². The zero-order chi connectivity index (χ0) is 43.1. The topological polar surface area (TPSA) is 38.7 Å². The van der Waals surface area contributed by atoms with Crippen LogP contribution in [0.15, 0.2) is 225 Å². The quantitative estimate of drug-likeness (QED) is 0.0975. The van der Waals surface area contributed by atoms with Crippen molar-refractivity contribution in [3.05, 3.63) is 270 Å². The molecule has 3 atom stereocenters. The van der Waals surface area contributed by atoms with Crippen LogP contribution in [0.4, 0.5) is 0 Å². The molecule has 0 aliphatic carbocycles. The van der Waals surface area contributed by atoms with Gasteiger partial charge in [0.1, 0.15) is 0 Å². The van der Waals surface area contributed by atoms with Crippen LogP contribution in [-0.2, 0) is 24.7 Å². The smallest absolute Gasteiger partial charge is 0.0403 e. The van der Waals surface area contributed by atoms with Gasteiger partial charge in [0.25, 0.3) is 0 Å². The average Bonchev–Trinajstić information content (AvgIpc) is 3.36. The van der Waals surface area contributed by atoms with Gasteiger partial charge in [-0.05, 0) is 138 Å². The van der Waals surface area contributed by atoms with Crippen LogP contribution in [0.3, 0.4) is 0 Å². The molecule has 0 amide bonds. The summed E-state index contributed by atoms with van der Waals surface area (Å²) in [5.74, 6) is 1.68. The lowest BCUT2D eigenvalue weighted by atomic mass is 9.68. The highest BCUT2D eigenvalue weighted by Gasteiger charge is 2.32. The van der Waals surface area contributed by atoms with Gasteiger partial charge in [0.2, 0.25) is 0 Å². The van der Waals surface area contributed by atoms with E-state index in [4.69, 9.17) is 0 Å². The fourth-order valence-electron chi connectivity index (χ4n) is 8.25. The van der Waals surface area contributed by atoms with Crippen LogP contribution in [-0.4, -0.2) is 15.0 Å². The Balaban J connectivity index is 0.000000169. The number of aryl methyl sites for hydroxylation is 3. The van der Waals surface area contributed by atoms with Gasteiger partial charge in [-0.15, -0.1) is 0 Å². The van der Waals surface area contributed by atoms with Crippen molar-refractivity contribution in [3.8, 4) is 0 Å². The minimum atomic E-state index is -0.0543. The highest BCUT2D eigenvalue weighted by atomic mass is 14.7. The monoisotopic (exact) mass is 814 g/mol. The number of nitrogens with zero attached hydrogens (tertiary/aromatic N) is 3. The molecule has 0 aliphatic rings. The first kappa shape index (κ1) is 45.1. The first-order chi connectivity index (χ1) is 30.5. The van der Waals surface area contributed by atoms with Crippen molar-refractivity contribution in [2.24, 2.45) is 0 Å². The lowest BCUT2D eigenvalue weighted by Gasteiger charge is -2.35. The van der Waals surface area contributed by atoms with Gasteiger partial charge >= 0.3 is 0 Å². The SMILES string of the molecule is CC(CC(CCc1ccncc1)c1ccccc1)(c1ccccc1)c1ccccc1.CC(CCc1ccccn1)c1ccccc1.CC(CCc1ccncc1)c1ccccc1. The summed E-state index contributed by atoms with van der Waals surface area (Å²) in [7, 11) is 0. The maximum absolute atomic E-state index is 4.34. The Kier molecular flexibility index (Phi) is 18.0. The largest absolute Gasteiger partial charge is 0.265 e. The first-order valence-electron chi connectivity index (χ1n) is 22.4. The van der Waals surface area contributed by atoms with E-state index < -0.39 is 0 Å². The predicted octanol–water partition coefficient (Wildman–Crippen LogP) is 14.8. The van der Waals surface area contributed by atoms with Crippen LogP contribution in [0.1, 0.15) is 109 Å². The van der Waals surface area contributed by atoms with E-state index in [2.05, 4.69) is 224 Å². The molecule has 3 aromatic heterocycles. The second-order valence-electron chi connectivity index (χ2n) is 16.6. The molecular formula is C59H63N3. The van der Waals surface area contributed by atoms with Crippen LogP contribution < -0.4 is 0 Å². The van der Waals surface area contributed by atoms with Crippen LogP contribution in [0.25, 0.3) is 0 Å². The van der Waals surface area contributed by atoms with Crippen LogP contribution in [0.2, 0.25) is 0 Å². The Morgan fingerprint density at radius 2 is 0.774 bits per heavy atom. The van der Waals surface area contributed by atoms with Gasteiger partial charge in [-0.25, -0.2) is 0 Å². The second-order valence-corrected chi connectivity index (χ2v) is 16.6. The Morgan fingerprint density at radius 3 is 1.21 bits per heavy atom. The van der Waals surface area contributed by atoms with Gasteiger partial charge in [0.15, 0.2) is 0 Å². The van der Waals surface area contributed by atoms with Gasteiger partial charge in [-0.3, -0.25) is 15.0 Å². The molecular weight excluding hydrogens is 751 g/mol. The minimum absolute atomic E-state index is 0.0543. The maximum atomic E-state index is 4.34. The first-order valence-corrected chi connectivity index (χ1v) is 22.4. The molecule has 8 aromatic rings. The highest BCUT2D eigenvalue weighted by molar-refractivity contribution is 5.39. The summed E-state index contributed by atoms with van der Waals surface area (Å²) in [5.41, 5.74) is 10.9. The molecule has 0 spiro atoms. The normalized spacial score (nSPS) is 12.4. The summed E-state index contributed by atoms with van der Waals surface area (Å²) in [6.07, 6.45) is 17.1. The number of aromatic nitrogens is 3. The molecule has 0 bridgehead atoms. The van der Waals surface area contributed by atoms with Crippen molar-refractivity contribution < 1.29 is 0 Å². The summed E-state index contributed by atoms with van der Waals surface area (Å²) >= 11 is 0. The predicted molar refractivity (Wildman–Crippen MR) is 261 cm³/mol. The number of rotatable bonds is 16. The van der Waals surface area contributed by atoms with E-state index >= 15 is 0 Å². The average molecular weight is 814 g/mol. The zero-order valence-corrected chi connectivity index (χ0v) is 36.9. The highest BCUT2D eigenvalue weighted by Crippen LogP contribution is 2.42. The molecule has 8 rings (SSSR count). The Hall–Kier alpha value is -6.45. The number of hydrogen-bond donors (Lipinski definition) is 0. The van der Waals surface area contributed by atoms with Gasteiger partial charge in [0.05, 0.1) is 0 Å². The fraction of sp³-hybridized carbons (Fsp3) is 0.237. The molecule has 62 heavy (non-hydrogen) atoms. The Bertz CT molecular complexity index is 2220. The molecule has 0 saturated heterocycles. The molecule has 5 aromatic carbocycles. The third-order valence-electron chi connectivity index (χ3n) is 12.2. The molecule has 0 fully saturated rings. The van der Waals surface area contributed by atoms with Crippen molar-refractivity contribution in [2.75, 3.05) is 0 Å². The van der Waals surface area contributed by atoms with Crippen molar-refractivity contribution >= 4 is 0 Å². The molecule has 0 aliphatic heterocycles. The van der Waals surface area contributed by atoms with Crippen LogP contribution in [0, 0.1) is 0 Å². The molecule has 3 heterocycles. The molecule has 0 saturated carbocycles. The van der Waals surface area contributed by atoms with Crippen LogP contribution >= 0.6 is 0 Å². The van der Waals surface area contributed by atoms with E-state index in [1.165, 1.54) is 51.1 Å². The Morgan fingerprint density at radius 1 is 0.387 bits per heavy atom. The lowest BCUT2D eigenvalue weighted by Crippen LogP contribution is -2.27. The van der Waals surface area contributed by atoms with E-state index in [0.717, 1.165) is 38.5 Å². The van der Waals surface area contributed by atoms with E-state index in [9.17, 15) is 0 Å². The standard InChI is InChI=1S/C29H29N.2C15H17N/c1-29(27-13-7-3-8-14-27,28-15-9-4-10-16-28)23-26(25-11-5-2-6-12-25)18-17-24-19-21-30-22-20-24;1-13(14-7-3-2-4-8-14)10-11-15-9-5-6-12-16-15;1-13(15-5-3-2-4-6-15)7-8-14-9-11-16-12-10-14/h2-16,19-22,26H,17-18,23H2,1H3;2-9,12-13H,10-11H2,1H3;2-6,9-13H,7-8H2,1H3. The molecule has 0 radical (unpaired) electrons. The lowest BCUT2D eigenvalue weighted by molar-refractivity contribution is 0.437. The number of pyridine rings is 3. The van der Waals surface area contributed by atoms with Gasteiger partial charge in [-0.2, -0.15) is 0 Å². The van der Waals surface area contributed by atoms with Gasteiger partial charge < -0.3 is 0 Å². The van der Waals surface area contributed by atoms with Crippen molar-refractivity contribution in [3.63, 3.8) is 0 Å². The van der Waals surface area contributed by atoms with Crippen molar-refractivity contribution in [1.82, 2.24) is 15.0 Å². The summed E-state index contributed by atoms with van der Waals surface area (Å²) in [6.45, 7) is 6.97. The summed E-state index contributed by atoms with van der Waals surface area (Å²) in [4.78, 5) is 12.5. The van der Waals surface area contributed by atoms with E-state index in [-0.39, 0.29) is 5.41 Å². The third kappa shape index (κ3) is 14.3. The van der Waals surface area contributed by atoms with Gasteiger partial charge in [0, 0.05) is 42.1 Å². The third-order valence-corrected chi connectivity index (χ3v) is 12.2. The molecule has 314 valence electrons.